The van der Waals surface area contributed by atoms with Gasteiger partial charge in [-0.25, -0.2) is 18.7 Å². The Morgan fingerprint density at radius 3 is 2.57 bits per heavy atom. The molecule has 2 heterocycles. The third kappa shape index (κ3) is 4.95. The topological polar surface area (TPSA) is 84.3 Å². The molecule has 0 radical (unpaired) electrons. The number of rotatable bonds is 8. The largest absolute Gasteiger partial charge is 0.507 e. The van der Waals surface area contributed by atoms with Crippen molar-refractivity contribution < 1.29 is 18.6 Å². The van der Waals surface area contributed by atoms with Crippen LogP contribution in [0.15, 0.2) is 36.7 Å². The molecule has 0 bridgehead atoms. The number of anilines is 1. The quantitative estimate of drug-likeness (QED) is 0.392. The predicted molar refractivity (Wildman–Crippen MR) is 138 cm³/mol. The summed E-state index contributed by atoms with van der Waals surface area (Å²) >= 11 is 0. The lowest BCUT2D eigenvalue weighted by atomic mass is 9.69. The number of benzene rings is 1. The van der Waals surface area contributed by atoms with Crippen molar-refractivity contribution in [2.45, 2.75) is 77.0 Å². The van der Waals surface area contributed by atoms with E-state index in [1.807, 2.05) is 0 Å². The fourth-order valence-electron chi connectivity index (χ4n) is 5.71. The van der Waals surface area contributed by atoms with Crippen molar-refractivity contribution >= 4 is 5.82 Å². The molecule has 0 spiro atoms. The van der Waals surface area contributed by atoms with Gasteiger partial charge in [-0.2, -0.15) is 0 Å². The molecule has 0 aliphatic heterocycles. The lowest BCUT2D eigenvalue weighted by molar-refractivity contribution is 0.0423. The molecule has 2 aromatic heterocycles. The van der Waals surface area contributed by atoms with E-state index in [9.17, 15) is 9.50 Å². The van der Waals surface area contributed by atoms with Crippen LogP contribution in [0.4, 0.5) is 14.6 Å². The molecule has 7 nitrogen and oxygen atoms in total. The molecule has 2 fully saturated rings. The third-order valence-electron chi connectivity index (χ3n) is 7.77. The van der Waals surface area contributed by atoms with Crippen molar-refractivity contribution in [1.29, 1.82) is 0 Å². The molecule has 196 valence electrons. The summed E-state index contributed by atoms with van der Waals surface area (Å²) in [5.41, 5.74) is 0.771. The molecule has 1 N–H and O–H groups in total. The summed E-state index contributed by atoms with van der Waals surface area (Å²) in [7, 11) is 1.45. The van der Waals surface area contributed by atoms with Crippen LogP contribution in [0.5, 0.6) is 11.6 Å². The minimum absolute atomic E-state index is 0.104. The van der Waals surface area contributed by atoms with Gasteiger partial charge in [0, 0.05) is 23.1 Å². The number of phenols is 1. The number of phenolic OH excluding ortho intramolecular Hbond substituents is 1. The third-order valence-corrected chi connectivity index (χ3v) is 7.77. The van der Waals surface area contributed by atoms with Crippen LogP contribution in [0.2, 0.25) is 0 Å². The van der Waals surface area contributed by atoms with Crippen molar-refractivity contribution in [3.8, 4) is 34.1 Å². The second-order valence-corrected chi connectivity index (χ2v) is 10.5. The Bertz CT molecular complexity index is 1250. The highest BCUT2D eigenvalue weighted by molar-refractivity contribution is 5.73. The summed E-state index contributed by atoms with van der Waals surface area (Å²) in [6, 6.07) is 6.24. The minimum atomic E-state index is -0.938. The second kappa shape index (κ2) is 10.2. The summed E-state index contributed by atoms with van der Waals surface area (Å²) in [6.45, 7) is 4.19. The number of aromatic nitrogens is 4. The van der Waals surface area contributed by atoms with Crippen LogP contribution in [-0.2, 0) is 0 Å². The number of pyridine rings is 1. The zero-order chi connectivity index (χ0) is 26.2. The first-order valence-corrected chi connectivity index (χ1v) is 13.0. The SMILES string of the molecule is CCC[C@]1(C)CCC[C@H](N(c2cnc(-c3ccc(-c4cc(OC)ncc4F)cc3O)nn2)C2CC2)[C@@H]1F. The Labute approximate surface area is 215 Å². The zero-order valence-corrected chi connectivity index (χ0v) is 21.5. The van der Waals surface area contributed by atoms with Gasteiger partial charge < -0.3 is 14.7 Å². The van der Waals surface area contributed by atoms with Crippen molar-refractivity contribution in [3.63, 3.8) is 0 Å². The first-order chi connectivity index (χ1) is 17.8. The average Bonchev–Trinajstić information content (AvgIpc) is 3.73. The van der Waals surface area contributed by atoms with Gasteiger partial charge >= 0.3 is 0 Å². The molecule has 0 unspecified atom stereocenters. The molecule has 5 rings (SSSR count). The van der Waals surface area contributed by atoms with E-state index in [1.54, 1.807) is 18.3 Å². The van der Waals surface area contributed by atoms with Gasteiger partial charge in [-0.05, 0) is 49.8 Å². The molecule has 3 atom stereocenters. The Kier molecular flexibility index (Phi) is 6.96. The first kappa shape index (κ1) is 25.3. The van der Waals surface area contributed by atoms with Crippen LogP contribution in [-0.4, -0.2) is 50.6 Å². The molecule has 2 aliphatic carbocycles. The lowest BCUT2D eigenvalue weighted by Gasteiger charge is -2.46. The summed E-state index contributed by atoms with van der Waals surface area (Å²) in [4.78, 5) is 10.4. The van der Waals surface area contributed by atoms with Gasteiger partial charge in [-0.3, -0.25) is 0 Å². The number of ether oxygens (including phenoxy) is 1. The number of hydrogen-bond donors (Lipinski definition) is 1. The van der Waals surface area contributed by atoms with Crippen molar-refractivity contribution in [1.82, 2.24) is 20.2 Å². The van der Waals surface area contributed by atoms with Crippen LogP contribution in [0.1, 0.15) is 58.8 Å². The van der Waals surface area contributed by atoms with Gasteiger partial charge in [-0.15, -0.1) is 10.2 Å². The van der Waals surface area contributed by atoms with Crippen LogP contribution in [0, 0.1) is 11.2 Å². The van der Waals surface area contributed by atoms with Crippen molar-refractivity contribution in [3.05, 3.63) is 42.5 Å². The number of nitrogens with zero attached hydrogens (tertiary/aromatic N) is 5. The number of aromatic hydroxyl groups is 1. The van der Waals surface area contributed by atoms with Gasteiger partial charge in [0.1, 0.15) is 17.7 Å². The maximum Gasteiger partial charge on any atom is 0.213 e. The minimum Gasteiger partial charge on any atom is -0.507 e. The monoisotopic (exact) mass is 509 g/mol. The summed E-state index contributed by atoms with van der Waals surface area (Å²) in [5.74, 6) is 0.452. The van der Waals surface area contributed by atoms with E-state index < -0.39 is 12.0 Å². The van der Waals surface area contributed by atoms with E-state index in [0.29, 0.717) is 16.9 Å². The molecule has 2 aliphatic rings. The highest BCUT2D eigenvalue weighted by Crippen LogP contribution is 2.46. The summed E-state index contributed by atoms with van der Waals surface area (Å²) < 4.78 is 35.3. The fraction of sp³-hybridized carbons (Fsp3) is 0.500. The number of hydrogen-bond acceptors (Lipinski definition) is 7. The number of halogens is 2. The van der Waals surface area contributed by atoms with Gasteiger partial charge in [-0.1, -0.05) is 32.8 Å². The van der Waals surface area contributed by atoms with Crippen LogP contribution < -0.4 is 9.64 Å². The van der Waals surface area contributed by atoms with Gasteiger partial charge in [0.05, 0.1) is 31.1 Å². The Morgan fingerprint density at radius 1 is 1.11 bits per heavy atom. The molecular formula is C28H33F2N5O2. The highest BCUT2D eigenvalue weighted by Gasteiger charge is 2.48. The molecule has 3 aromatic rings. The molecule has 2 saturated carbocycles. The fourth-order valence-corrected chi connectivity index (χ4v) is 5.71. The smallest absolute Gasteiger partial charge is 0.213 e. The number of alkyl halides is 1. The molecular weight excluding hydrogens is 476 g/mol. The standard InChI is InChI=1S/C28H33F2N5O2/c1-4-11-28(2)12-5-6-22(26(28)30)35(18-8-9-18)24-16-32-27(34-33-24)19-10-7-17(13-23(19)36)20-14-25(37-3)31-15-21(20)29/h7,10,13-16,18,22,26,36H,4-6,8-9,11-12H2,1-3H3/t22-,26-,28+/m0/s1. The van der Waals surface area contributed by atoms with E-state index >= 15 is 4.39 Å². The Morgan fingerprint density at radius 2 is 1.92 bits per heavy atom. The van der Waals surface area contributed by atoms with E-state index in [2.05, 4.69) is 38.9 Å². The van der Waals surface area contributed by atoms with Gasteiger partial charge in [0.2, 0.25) is 5.88 Å². The number of methoxy groups -OCH3 is 1. The molecule has 0 amide bonds. The molecule has 9 heteroatoms. The second-order valence-electron chi connectivity index (χ2n) is 10.5. The van der Waals surface area contributed by atoms with E-state index in [1.165, 1.54) is 19.2 Å². The summed E-state index contributed by atoms with van der Waals surface area (Å²) in [6.07, 6.45) is 8.32. The normalized spacial score (nSPS) is 23.6. The maximum absolute atomic E-state index is 15.9. The average molecular weight is 510 g/mol. The van der Waals surface area contributed by atoms with E-state index in [4.69, 9.17) is 4.74 Å². The maximum atomic E-state index is 15.9. The zero-order valence-electron chi connectivity index (χ0n) is 21.5. The molecule has 1 aromatic carbocycles. The first-order valence-electron chi connectivity index (χ1n) is 13.0. The van der Waals surface area contributed by atoms with E-state index in [0.717, 1.165) is 51.1 Å². The lowest BCUT2D eigenvalue weighted by Crippen LogP contribution is -2.52. The van der Waals surface area contributed by atoms with E-state index in [-0.39, 0.29) is 40.5 Å². The van der Waals surface area contributed by atoms with Crippen LogP contribution in [0.3, 0.4) is 0 Å². The van der Waals surface area contributed by atoms with Crippen LogP contribution >= 0.6 is 0 Å². The van der Waals surface area contributed by atoms with Crippen molar-refractivity contribution in [2.24, 2.45) is 5.41 Å². The van der Waals surface area contributed by atoms with Gasteiger partial charge in [0.25, 0.3) is 0 Å². The summed E-state index contributed by atoms with van der Waals surface area (Å²) in [5, 5.41) is 19.4. The van der Waals surface area contributed by atoms with Gasteiger partial charge in [0.15, 0.2) is 11.6 Å². The predicted octanol–water partition coefficient (Wildman–Crippen LogP) is 6.12. The highest BCUT2D eigenvalue weighted by atomic mass is 19.1. The molecule has 0 saturated heterocycles. The van der Waals surface area contributed by atoms with Crippen molar-refractivity contribution in [2.75, 3.05) is 12.0 Å². The van der Waals surface area contributed by atoms with Crippen LogP contribution in [0.25, 0.3) is 22.5 Å². The molecule has 37 heavy (non-hydrogen) atoms. The Hall–Kier alpha value is -3.36. The Balaban J connectivity index is 1.40.